The Morgan fingerprint density at radius 3 is 2.92 bits per heavy atom. The molecule has 0 radical (unpaired) electrons. The van der Waals surface area contributed by atoms with E-state index in [0.29, 0.717) is 24.5 Å². The summed E-state index contributed by atoms with van der Waals surface area (Å²) in [7, 11) is 0. The van der Waals surface area contributed by atoms with Crippen LogP contribution in [0.3, 0.4) is 0 Å². The first kappa shape index (κ1) is 16.6. The zero-order valence-corrected chi connectivity index (χ0v) is 14.7. The van der Waals surface area contributed by atoms with Gasteiger partial charge in [0.2, 0.25) is 0 Å². The van der Waals surface area contributed by atoms with Crippen LogP contribution in [0, 0.1) is 0 Å². The third-order valence-electron chi connectivity index (χ3n) is 4.36. The molecule has 2 heterocycles. The lowest BCUT2D eigenvalue weighted by Crippen LogP contribution is -2.37. The molecule has 0 unspecified atom stereocenters. The number of rotatable bonds is 5. The Kier molecular flexibility index (Phi) is 4.58. The average Bonchev–Trinajstić information content (AvgIpc) is 3.30. The summed E-state index contributed by atoms with van der Waals surface area (Å²) < 4.78 is 7.49. The molecule has 132 valence electrons. The highest BCUT2D eigenvalue weighted by atomic mass is 35.5. The molecule has 0 aliphatic carbocycles. The minimum atomic E-state index is -0.522. The van der Waals surface area contributed by atoms with Crippen molar-refractivity contribution in [1.82, 2.24) is 20.1 Å². The van der Waals surface area contributed by atoms with E-state index in [9.17, 15) is 4.79 Å². The maximum absolute atomic E-state index is 12.5. The van der Waals surface area contributed by atoms with Gasteiger partial charge in [0.1, 0.15) is 18.4 Å². The Hall–Kier alpha value is -2.86. The van der Waals surface area contributed by atoms with Crippen LogP contribution in [0.1, 0.15) is 16.7 Å². The van der Waals surface area contributed by atoms with Crippen LogP contribution in [0.15, 0.2) is 55.1 Å². The Labute approximate surface area is 155 Å². The Balaban J connectivity index is 1.40. The van der Waals surface area contributed by atoms with Gasteiger partial charge >= 0.3 is 0 Å². The van der Waals surface area contributed by atoms with Gasteiger partial charge in [0.15, 0.2) is 6.10 Å². The third-order valence-corrected chi connectivity index (χ3v) is 4.59. The summed E-state index contributed by atoms with van der Waals surface area (Å²) in [5.41, 5.74) is 3.08. The Bertz CT molecular complexity index is 927. The van der Waals surface area contributed by atoms with Crippen LogP contribution >= 0.6 is 11.6 Å². The topological polar surface area (TPSA) is 69.0 Å². The molecule has 0 spiro atoms. The molecule has 7 heteroatoms. The zero-order chi connectivity index (χ0) is 17.9. The van der Waals surface area contributed by atoms with E-state index in [2.05, 4.69) is 15.4 Å². The third kappa shape index (κ3) is 3.55. The van der Waals surface area contributed by atoms with Crippen LogP contribution in [0.2, 0.25) is 5.02 Å². The number of carbonyl (C=O) groups excluding carboxylic acids is 1. The standard InChI is InChI=1S/C19H17ClN4O2/c20-16-5-6-17-15(7-16)8-18(26-17)19(25)22-9-13-3-1-2-4-14(13)10-24-12-21-11-23-24/h1-7,11-12,18H,8-10H2,(H,22,25)/t18-/m1/s1. The number of nitrogens with one attached hydrogen (secondary N) is 1. The van der Waals surface area contributed by atoms with Crippen LogP contribution in [0.25, 0.3) is 0 Å². The van der Waals surface area contributed by atoms with Gasteiger partial charge in [-0.3, -0.25) is 4.79 Å². The van der Waals surface area contributed by atoms with Crippen LogP contribution in [-0.4, -0.2) is 26.8 Å². The highest BCUT2D eigenvalue weighted by Crippen LogP contribution is 2.31. The number of benzene rings is 2. The Morgan fingerprint density at radius 2 is 2.12 bits per heavy atom. The van der Waals surface area contributed by atoms with Gasteiger partial charge in [-0.25, -0.2) is 9.67 Å². The number of hydrogen-bond acceptors (Lipinski definition) is 4. The first-order valence-electron chi connectivity index (χ1n) is 8.31. The molecular weight excluding hydrogens is 352 g/mol. The van der Waals surface area contributed by atoms with Gasteiger partial charge in [-0.2, -0.15) is 5.10 Å². The molecule has 6 nitrogen and oxygen atoms in total. The largest absolute Gasteiger partial charge is 0.480 e. The predicted octanol–water partition coefficient (Wildman–Crippen LogP) is 2.60. The molecular formula is C19H17ClN4O2. The fraction of sp³-hybridized carbons (Fsp3) is 0.211. The average molecular weight is 369 g/mol. The molecule has 0 bridgehead atoms. The van der Waals surface area contributed by atoms with Crippen molar-refractivity contribution in [3.05, 3.63) is 76.8 Å². The molecule has 3 aromatic rings. The maximum Gasteiger partial charge on any atom is 0.261 e. The van der Waals surface area contributed by atoms with Gasteiger partial charge in [-0.15, -0.1) is 0 Å². The molecule has 1 aliphatic rings. The molecule has 26 heavy (non-hydrogen) atoms. The lowest BCUT2D eigenvalue weighted by Gasteiger charge is -2.13. The summed E-state index contributed by atoms with van der Waals surface area (Å²) in [5.74, 6) is 0.592. The van der Waals surface area contributed by atoms with E-state index < -0.39 is 6.10 Å². The molecule has 0 fully saturated rings. The van der Waals surface area contributed by atoms with Gasteiger partial charge in [0.25, 0.3) is 5.91 Å². The van der Waals surface area contributed by atoms with Crippen molar-refractivity contribution in [3.63, 3.8) is 0 Å². The number of nitrogens with zero attached hydrogens (tertiary/aromatic N) is 3. The van der Waals surface area contributed by atoms with Crippen molar-refractivity contribution in [2.24, 2.45) is 0 Å². The monoisotopic (exact) mass is 368 g/mol. The number of fused-ring (bicyclic) bond motifs is 1. The number of amides is 1. The van der Waals surface area contributed by atoms with Crippen LogP contribution in [-0.2, 0) is 24.3 Å². The number of ether oxygens (including phenoxy) is 1. The lowest BCUT2D eigenvalue weighted by molar-refractivity contribution is -0.127. The quantitative estimate of drug-likeness (QED) is 0.751. The van der Waals surface area contributed by atoms with Crippen LogP contribution in [0.4, 0.5) is 0 Å². The number of halogens is 1. The van der Waals surface area contributed by atoms with E-state index in [-0.39, 0.29) is 5.91 Å². The smallest absolute Gasteiger partial charge is 0.261 e. The summed E-state index contributed by atoms with van der Waals surface area (Å²) in [6.45, 7) is 1.04. The highest BCUT2D eigenvalue weighted by molar-refractivity contribution is 6.30. The summed E-state index contributed by atoms with van der Waals surface area (Å²) in [5, 5.41) is 7.75. The fourth-order valence-electron chi connectivity index (χ4n) is 3.03. The molecule has 0 saturated heterocycles. The van der Waals surface area contributed by atoms with Crippen molar-refractivity contribution in [2.75, 3.05) is 0 Å². The van der Waals surface area contributed by atoms with E-state index in [1.165, 1.54) is 6.33 Å². The highest BCUT2D eigenvalue weighted by Gasteiger charge is 2.29. The minimum Gasteiger partial charge on any atom is -0.480 e. The summed E-state index contributed by atoms with van der Waals surface area (Å²) in [6.07, 6.45) is 3.18. The first-order chi connectivity index (χ1) is 12.7. The van der Waals surface area contributed by atoms with Gasteiger partial charge in [-0.1, -0.05) is 35.9 Å². The van der Waals surface area contributed by atoms with E-state index in [1.54, 1.807) is 23.1 Å². The maximum atomic E-state index is 12.5. The van der Waals surface area contributed by atoms with E-state index in [4.69, 9.17) is 16.3 Å². The molecule has 1 atom stereocenters. The molecule has 0 saturated carbocycles. The SMILES string of the molecule is O=C(NCc1ccccc1Cn1cncn1)[C@H]1Cc2cc(Cl)ccc2O1. The van der Waals surface area contributed by atoms with E-state index in [1.807, 2.05) is 30.3 Å². The lowest BCUT2D eigenvalue weighted by atomic mass is 10.1. The van der Waals surface area contributed by atoms with Gasteiger partial charge in [0.05, 0.1) is 6.54 Å². The number of aromatic nitrogens is 3. The second-order valence-corrected chi connectivity index (χ2v) is 6.58. The van der Waals surface area contributed by atoms with E-state index >= 15 is 0 Å². The number of carbonyl (C=O) groups is 1. The van der Waals surface area contributed by atoms with Crippen molar-refractivity contribution in [3.8, 4) is 5.75 Å². The van der Waals surface area contributed by atoms with Crippen LogP contribution in [0.5, 0.6) is 5.75 Å². The molecule has 1 amide bonds. The van der Waals surface area contributed by atoms with Gasteiger partial charge < -0.3 is 10.1 Å². The van der Waals surface area contributed by atoms with Gasteiger partial charge in [0, 0.05) is 18.0 Å². The van der Waals surface area contributed by atoms with Crippen molar-refractivity contribution >= 4 is 17.5 Å². The Morgan fingerprint density at radius 1 is 1.27 bits per heavy atom. The van der Waals surface area contributed by atoms with E-state index in [0.717, 1.165) is 22.4 Å². The summed E-state index contributed by atoms with van der Waals surface area (Å²) in [6, 6.07) is 13.4. The minimum absolute atomic E-state index is 0.132. The number of hydrogen-bond donors (Lipinski definition) is 1. The fourth-order valence-corrected chi connectivity index (χ4v) is 3.23. The second kappa shape index (κ2) is 7.17. The molecule has 1 aromatic heterocycles. The molecule has 2 aromatic carbocycles. The summed E-state index contributed by atoms with van der Waals surface area (Å²) in [4.78, 5) is 16.5. The predicted molar refractivity (Wildman–Crippen MR) is 97.0 cm³/mol. The normalized spacial score (nSPS) is 15.3. The second-order valence-electron chi connectivity index (χ2n) is 6.14. The zero-order valence-electron chi connectivity index (χ0n) is 13.9. The molecule has 1 N–H and O–H groups in total. The van der Waals surface area contributed by atoms with Crippen molar-refractivity contribution in [1.29, 1.82) is 0 Å². The molecule has 1 aliphatic heterocycles. The summed E-state index contributed by atoms with van der Waals surface area (Å²) >= 11 is 6.00. The van der Waals surface area contributed by atoms with Gasteiger partial charge in [-0.05, 0) is 34.9 Å². The van der Waals surface area contributed by atoms with Crippen LogP contribution < -0.4 is 10.1 Å². The first-order valence-corrected chi connectivity index (χ1v) is 8.69. The van der Waals surface area contributed by atoms with Crippen molar-refractivity contribution < 1.29 is 9.53 Å². The molecule has 4 rings (SSSR count). The van der Waals surface area contributed by atoms with Crippen molar-refractivity contribution in [2.45, 2.75) is 25.6 Å².